The first kappa shape index (κ1) is 20.5. The number of aromatic nitrogens is 1. The van der Waals surface area contributed by atoms with Crippen molar-refractivity contribution < 1.29 is 19.5 Å². The third-order valence-electron chi connectivity index (χ3n) is 4.99. The first-order valence-electron chi connectivity index (χ1n) is 9.08. The smallest absolute Gasteiger partial charge is 0.326 e. The molecule has 2 unspecified atom stereocenters. The number of carbonyl (C=O) groups is 3. The molecule has 146 valence electrons. The molecule has 8 nitrogen and oxygen atoms in total. The molecule has 2 rings (SSSR count). The Hall–Kier alpha value is -2.77. The molecule has 8 heteroatoms. The normalized spacial score (nSPS) is 20.2. The van der Waals surface area contributed by atoms with Gasteiger partial charge in [0.25, 0.3) is 11.8 Å². The summed E-state index contributed by atoms with van der Waals surface area (Å²) in [4.78, 5) is 45.3. The molecular formula is C19H26N4O4. The maximum atomic E-state index is 12.8. The number of pyridine rings is 1. The van der Waals surface area contributed by atoms with Crippen LogP contribution in [0.5, 0.6) is 0 Å². The van der Waals surface area contributed by atoms with E-state index in [0.717, 1.165) is 5.56 Å². The molecule has 27 heavy (non-hydrogen) atoms. The van der Waals surface area contributed by atoms with Gasteiger partial charge in [-0.2, -0.15) is 0 Å². The van der Waals surface area contributed by atoms with Gasteiger partial charge in [0.1, 0.15) is 17.3 Å². The van der Waals surface area contributed by atoms with Crippen molar-refractivity contribution >= 4 is 23.6 Å². The lowest BCUT2D eigenvalue weighted by Gasteiger charge is -2.21. The third-order valence-corrected chi connectivity index (χ3v) is 4.99. The zero-order chi connectivity index (χ0) is 20.4. The fraction of sp³-hybridized carbons (Fsp3) is 0.526. The highest BCUT2D eigenvalue weighted by Gasteiger charge is 2.43. The number of carbonyl (C=O) groups excluding carboxylic acids is 2. The van der Waals surface area contributed by atoms with E-state index in [2.05, 4.69) is 20.6 Å². The van der Waals surface area contributed by atoms with Crippen LogP contribution in [0.1, 0.15) is 62.7 Å². The number of hydrogen-bond donors (Lipinski definition) is 3. The molecule has 0 radical (unpaired) electrons. The SMILES string of the molecule is CCc1cnc(C2=NC(C)(C(C)C)C(=O)N2)c(C(=O)NC(CC)C(=O)O)c1. The lowest BCUT2D eigenvalue weighted by molar-refractivity contribution is -0.139. The van der Waals surface area contributed by atoms with Gasteiger partial charge in [0.2, 0.25) is 0 Å². The second-order valence-corrected chi connectivity index (χ2v) is 7.08. The van der Waals surface area contributed by atoms with Crippen LogP contribution >= 0.6 is 0 Å². The summed E-state index contributed by atoms with van der Waals surface area (Å²) in [6.45, 7) is 9.13. The summed E-state index contributed by atoms with van der Waals surface area (Å²) in [5, 5.41) is 14.4. The van der Waals surface area contributed by atoms with Crippen LogP contribution in [0.25, 0.3) is 0 Å². The standard InChI is InChI=1S/C19H26N4O4/c1-6-11-8-12(16(24)21-13(7-2)17(25)26)14(20-9-11)15-22-18(27)19(5,23-15)10(3)4/h8-10,13H,6-7H2,1-5H3,(H,21,24)(H,25,26)(H,22,23,27). The van der Waals surface area contributed by atoms with Gasteiger partial charge in [-0.1, -0.05) is 27.7 Å². The van der Waals surface area contributed by atoms with E-state index in [4.69, 9.17) is 0 Å². The van der Waals surface area contributed by atoms with E-state index in [-0.39, 0.29) is 35.3 Å². The van der Waals surface area contributed by atoms with Crippen molar-refractivity contribution in [1.82, 2.24) is 15.6 Å². The van der Waals surface area contributed by atoms with Gasteiger partial charge < -0.3 is 15.7 Å². The van der Waals surface area contributed by atoms with Crippen LogP contribution in [0.3, 0.4) is 0 Å². The molecule has 0 saturated carbocycles. The molecule has 0 spiro atoms. The maximum absolute atomic E-state index is 12.8. The molecule has 1 aromatic heterocycles. The fourth-order valence-corrected chi connectivity index (χ4v) is 2.69. The average Bonchev–Trinajstić information content (AvgIpc) is 2.94. The Morgan fingerprint density at radius 2 is 2.00 bits per heavy atom. The number of rotatable bonds is 7. The lowest BCUT2D eigenvalue weighted by Crippen LogP contribution is -2.42. The van der Waals surface area contributed by atoms with E-state index in [1.807, 2.05) is 20.8 Å². The quantitative estimate of drug-likeness (QED) is 0.668. The zero-order valence-electron chi connectivity index (χ0n) is 16.3. The van der Waals surface area contributed by atoms with Crippen molar-refractivity contribution in [2.45, 2.75) is 59.0 Å². The monoisotopic (exact) mass is 374 g/mol. The number of nitrogens with one attached hydrogen (secondary N) is 2. The maximum Gasteiger partial charge on any atom is 0.326 e. The predicted octanol–water partition coefficient (Wildman–Crippen LogP) is 1.53. The number of carboxylic acid groups (broad SMARTS) is 1. The number of amidine groups is 1. The van der Waals surface area contributed by atoms with Gasteiger partial charge in [-0.05, 0) is 37.3 Å². The number of aryl methyl sites for hydroxylation is 1. The molecule has 1 aliphatic rings. The summed E-state index contributed by atoms with van der Waals surface area (Å²) in [7, 11) is 0. The highest BCUT2D eigenvalue weighted by molar-refractivity contribution is 6.18. The van der Waals surface area contributed by atoms with E-state index in [1.165, 1.54) is 0 Å². The molecule has 0 saturated heterocycles. The Morgan fingerprint density at radius 1 is 1.33 bits per heavy atom. The number of nitrogens with zero attached hydrogens (tertiary/aromatic N) is 2. The molecule has 0 fully saturated rings. The van der Waals surface area contributed by atoms with Gasteiger partial charge in [0, 0.05) is 6.20 Å². The van der Waals surface area contributed by atoms with Crippen LogP contribution < -0.4 is 10.6 Å². The predicted molar refractivity (Wildman–Crippen MR) is 101 cm³/mol. The second-order valence-electron chi connectivity index (χ2n) is 7.08. The average molecular weight is 374 g/mol. The van der Waals surface area contributed by atoms with Crippen molar-refractivity contribution in [1.29, 1.82) is 0 Å². The summed E-state index contributed by atoms with van der Waals surface area (Å²) >= 11 is 0. The van der Waals surface area contributed by atoms with Crippen molar-refractivity contribution in [3.63, 3.8) is 0 Å². The molecule has 3 N–H and O–H groups in total. The number of carboxylic acids is 1. The molecule has 0 aromatic carbocycles. The minimum absolute atomic E-state index is 0.0429. The van der Waals surface area contributed by atoms with E-state index in [0.29, 0.717) is 6.42 Å². The van der Waals surface area contributed by atoms with Gasteiger partial charge in [0.15, 0.2) is 5.84 Å². The van der Waals surface area contributed by atoms with E-state index < -0.39 is 23.5 Å². The minimum atomic E-state index is -1.11. The van der Waals surface area contributed by atoms with Gasteiger partial charge >= 0.3 is 5.97 Å². The minimum Gasteiger partial charge on any atom is -0.480 e. The van der Waals surface area contributed by atoms with Crippen LogP contribution in [0.15, 0.2) is 17.3 Å². The van der Waals surface area contributed by atoms with Crippen molar-refractivity contribution in [2.24, 2.45) is 10.9 Å². The Balaban J connectivity index is 2.48. The number of aliphatic carboxylic acids is 1. The molecule has 2 amide bonds. The van der Waals surface area contributed by atoms with Gasteiger partial charge in [0.05, 0.1) is 5.56 Å². The first-order chi connectivity index (χ1) is 12.6. The highest BCUT2D eigenvalue weighted by Crippen LogP contribution is 2.27. The molecule has 1 aromatic rings. The Morgan fingerprint density at radius 3 is 2.48 bits per heavy atom. The molecule has 2 atom stereocenters. The van der Waals surface area contributed by atoms with E-state index in [9.17, 15) is 19.5 Å². The van der Waals surface area contributed by atoms with Crippen LogP contribution in [-0.2, 0) is 16.0 Å². The molecule has 0 aliphatic carbocycles. The highest BCUT2D eigenvalue weighted by atomic mass is 16.4. The molecule has 2 heterocycles. The van der Waals surface area contributed by atoms with E-state index in [1.54, 1.807) is 26.1 Å². The van der Waals surface area contributed by atoms with Crippen molar-refractivity contribution in [3.05, 3.63) is 29.1 Å². The van der Waals surface area contributed by atoms with Gasteiger partial charge in [-0.15, -0.1) is 0 Å². The summed E-state index contributed by atoms with van der Waals surface area (Å²) in [5.74, 6) is -1.73. The zero-order valence-corrected chi connectivity index (χ0v) is 16.3. The second kappa shape index (κ2) is 7.85. The Labute approximate surface area is 158 Å². The Kier molecular flexibility index (Phi) is 5.98. The number of amides is 2. The topological polar surface area (TPSA) is 121 Å². The molecular weight excluding hydrogens is 348 g/mol. The van der Waals surface area contributed by atoms with Gasteiger partial charge in [-0.25, -0.2) is 9.79 Å². The fourth-order valence-electron chi connectivity index (χ4n) is 2.69. The van der Waals surface area contributed by atoms with Crippen molar-refractivity contribution in [2.75, 3.05) is 0 Å². The van der Waals surface area contributed by atoms with Crippen LogP contribution in [0.2, 0.25) is 0 Å². The number of aliphatic imine (C=N–C) groups is 1. The van der Waals surface area contributed by atoms with Crippen LogP contribution in [0.4, 0.5) is 0 Å². The van der Waals surface area contributed by atoms with Crippen LogP contribution in [0, 0.1) is 5.92 Å². The van der Waals surface area contributed by atoms with E-state index >= 15 is 0 Å². The van der Waals surface area contributed by atoms with Crippen LogP contribution in [-0.4, -0.2) is 45.3 Å². The Bertz CT molecular complexity index is 803. The first-order valence-corrected chi connectivity index (χ1v) is 9.08. The summed E-state index contributed by atoms with van der Waals surface area (Å²) in [6.07, 6.45) is 2.53. The van der Waals surface area contributed by atoms with Gasteiger partial charge in [-0.3, -0.25) is 14.6 Å². The molecule has 1 aliphatic heterocycles. The summed E-state index contributed by atoms with van der Waals surface area (Å²) < 4.78 is 0. The summed E-state index contributed by atoms with van der Waals surface area (Å²) in [5.41, 5.74) is 0.314. The molecule has 0 bridgehead atoms. The summed E-state index contributed by atoms with van der Waals surface area (Å²) in [6, 6.07) is 0.656. The van der Waals surface area contributed by atoms with Crippen molar-refractivity contribution in [3.8, 4) is 0 Å². The largest absolute Gasteiger partial charge is 0.480 e. The number of hydrogen-bond acceptors (Lipinski definition) is 5. The lowest BCUT2D eigenvalue weighted by atomic mass is 9.89. The third kappa shape index (κ3) is 3.99.